The number of rotatable bonds is 8. The molecule has 0 radical (unpaired) electrons. The van der Waals surface area contributed by atoms with Crippen LogP contribution in [0, 0.1) is 0 Å². The Kier molecular flexibility index (Phi) is 12.0. The minimum atomic E-state index is -0.0520. The first kappa shape index (κ1) is 23.1. The summed E-state index contributed by atoms with van der Waals surface area (Å²) in [6.07, 6.45) is 3.90. The van der Waals surface area contributed by atoms with Crippen molar-refractivity contribution in [2.45, 2.75) is 25.8 Å². The van der Waals surface area contributed by atoms with Gasteiger partial charge in [-0.1, -0.05) is 6.92 Å². The molecule has 140 valence electrons. The zero-order valence-corrected chi connectivity index (χ0v) is 16.0. The van der Waals surface area contributed by atoms with E-state index in [1.54, 1.807) is 13.3 Å². The van der Waals surface area contributed by atoms with Gasteiger partial charge in [0.25, 0.3) is 0 Å². The second kappa shape index (κ2) is 12.5. The molecule has 0 spiro atoms. The number of halogens is 2. The molecule has 2 N–H and O–H groups in total. The summed E-state index contributed by atoms with van der Waals surface area (Å²) in [5.41, 5.74) is 0. The van der Waals surface area contributed by atoms with E-state index in [1.807, 2.05) is 10.7 Å². The van der Waals surface area contributed by atoms with E-state index >= 15 is 0 Å². The van der Waals surface area contributed by atoms with Gasteiger partial charge in [0.05, 0.1) is 25.4 Å². The third-order valence-electron chi connectivity index (χ3n) is 4.06. The van der Waals surface area contributed by atoms with Crippen molar-refractivity contribution in [3.63, 3.8) is 0 Å². The van der Waals surface area contributed by atoms with Gasteiger partial charge >= 0.3 is 0 Å². The molecule has 0 aromatic carbocycles. The molecule has 1 saturated heterocycles. The summed E-state index contributed by atoms with van der Waals surface area (Å²) < 4.78 is 6.89. The van der Waals surface area contributed by atoms with Gasteiger partial charge in [-0.25, -0.2) is 4.68 Å². The molecule has 2 heterocycles. The molecule has 0 atom stereocenters. The van der Waals surface area contributed by atoms with Crippen molar-refractivity contribution in [2.75, 3.05) is 51.8 Å². The Labute approximate surface area is 156 Å². The Bertz CT molecular complexity index is 464. The maximum Gasteiger partial charge on any atom is 0.239 e. The van der Waals surface area contributed by atoms with Gasteiger partial charge in [0.2, 0.25) is 5.91 Å². The van der Waals surface area contributed by atoms with Crippen molar-refractivity contribution in [3.8, 4) is 0 Å². The van der Waals surface area contributed by atoms with Crippen molar-refractivity contribution in [1.82, 2.24) is 20.0 Å². The van der Waals surface area contributed by atoms with Crippen LogP contribution >= 0.6 is 24.8 Å². The highest BCUT2D eigenvalue weighted by atomic mass is 35.5. The third kappa shape index (κ3) is 6.94. The smallest absolute Gasteiger partial charge is 0.239 e. The molecule has 1 aliphatic rings. The van der Waals surface area contributed by atoms with Crippen LogP contribution in [0.3, 0.4) is 0 Å². The first-order valence-corrected chi connectivity index (χ1v) is 8.00. The summed E-state index contributed by atoms with van der Waals surface area (Å²) in [5, 5.41) is 10.4. The largest absolute Gasteiger partial charge is 0.383 e. The van der Waals surface area contributed by atoms with Gasteiger partial charge in [-0.05, 0) is 19.4 Å². The molecule has 1 aliphatic heterocycles. The number of amides is 1. The first-order chi connectivity index (χ1) is 10.7. The van der Waals surface area contributed by atoms with E-state index in [-0.39, 0.29) is 37.3 Å². The fourth-order valence-electron chi connectivity index (χ4n) is 2.75. The molecule has 2 rings (SSSR count). The van der Waals surface area contributed by atoms with Crippen molar-refractivity contribution in [1.29, 1.82) is 0 Å². The molecule has 7 nitrogen and oxygen atoms in total. The third-order valence-corrected chi connectivity index (χ3v) is 4.06. The fourth-order valence-corrected chi connectivity index (χ4v) is 2.75. The molecule has 1 fully saturated rings. The van der Waals surface area contributed by atoms with Crippen LogP contribution in [0.4, 0.5) is 5.82 Å². The van der Waals surface area contributed by atoms with E-state index in [2.05, 4.69) is 27.6 Å². The number of hydrogen-bond acceptors (Lipinski definition) is 5. The lowest BCUT2D eigenvalue weighted by Gasteiger charge is -2.31. The molecule has 0 aliphatic carbocycles. The predicted molar refractivity (Wildman–Crippen MR) is 100 cm³/mol. The molecular formula is C15H29Cl2N5O2. The van der Waals surface area contributed by atoms with Gasteiger partial charge in [0.15, 0.2) is 0 Å². The highest BCUT2D eigenvalue weighted by Gasteiger charge is 2.22. The SMILES string of the molecule is CCN1CCC(n2nccc2NC(=O)CNCCOC)CC1.Cl.Cl. The number of likely N-dealkylation sites (tertiary alicyclic amines) is 1. The maximum atomic E-state index is 11.9. The maximum absolute atomic E-state index is 11.9. The van der Waals surface area contributed by atoms with Crippen LogP contribution < -0.4 is 10.6 Å². The average Bonchev–Trinajstić information content (AvgIpc) is 2.99. The number of carbonyl (C=O) groups excluding carboxylic acids is 1. The number of nitrogens with zero attached hydrogens (tertiary/aromatic N) is 3. The van der Waals surface area contributed by atoms with E-state index in [1.165, 1.54) is 0 Å². The molecule has 0 saturated carbocycles. The Morgan fingerprint density at radius 2 is 2.08 bits per heavy atom. The zero-order chi connectivity index (χ0) is 15.8. The standard InChI is InChI=1S/C15H27N5O2.2ClH/c1-3-19-9-5-13(6-10-19)20-14(4-7-17-20)18-15(21)12-16-8-11-22-2;;/h4,7,13,16H,3,5-6,8-12H2,1-2H3,(H,18,21);2*1H. The number of ether oxygens (including phenoxy) is 1. The van der Waals surface area contributed by atoms with E-state index in [0.29, 0.717) is 19.2 Å². The summed E-state index contributed by atoms with van der Waals surface area (Å²) in [6.45, 7) is 7.02. The van der Waals surface area contributed by atoms with E-state index < -0.39 is 0 Å². The fraction of sp³-hybridized carbons (Fsp3) is 0.733. The van der Waals surface area contributed by atoms with E-state index in [4.69, 9.17) is 4.74 Å². The molecule has 0 unspecified atom stereocenters. The predicted octanol–water partition coefficient (Wildman–Crippen LogP) is 1.56. The molecule has 9 heteroatoms. The quantitative estimate of drug-likeness (QED) is 0.668. The molecule has 1 aromatic heterocycles. The molecule has 1 aromatic rings. The number of aromatic nitrogens is 2. The summed E-state index contributed by atoms with van der Waals surface area (Å²) in [5.74, 6) is 0.734. The van der Waals surface area contributed by atoms with Crippen molar-refractivity contribution in [3.05, 3.63) is 12.3 Å². The number of hydrogen-bond donors (Lipinski definition) is 2. The van der Waals surface area contributed by atoms with Crippen LogP contribution in [0.1, 0.15) is 25.8 Å². The van der Waals surface area contributed by atoms with Crippen molar-refractivity contribution >= 4 is 36.5 Å². The summed E-state index contributed by atoms with van der Waals surface area (Å²) >= 11 is 0. The van der Waals surface area contributed by atoms with E-state index in [0.717, 1.165) is 38.3 Å². The van der Waals surface area contributed by atoms with Crippen LogP contribution in [0.25, 0.3) is 0 Å². The average molecular weight is 382 g/mol. The van der Waals surface area contributed by atoms with Gasteiger partial charge in [-0.3, -0.25) is 4.79 Å². The minimum absolute atomic E-state index is 0. The number of carbonyl (C=O) groups is 1. The van der Waals surface area contributed by atoms with Gasteiger partial charge in [0, 0.05) is 32.8 Å². The summed E-state index contributed by atoms with van der Waals surface area (Å²) in [6, 6.07) is 2.23. The van der Waals surface area contributed by atoms with Gasteiger partial charge < -0.3 is 20.3 Å². The van der Waals surface area contributed by atoms with E-state index in [9.17, 15) is 4.79 Å². The second-order valence-corrected chi connectivity index (χ2v) is 5.54. The van der Waals surface area contributed by atoms with Crippen LogP contribution in [0.5, 0.6) is 0 Å². The van der Waals surface area contributed by atoms with Crippen LogP contribution in [-0.2, 0) is 9.53 Å². The summed E-state index contributed by atoms with van der Waals surface area (Å²) in [4.78, 5) is 14.4. The Morgan fingerprint density at radius 1 is 1.38 bits per heavy atom. The number of piperidine rings is 1. The van der Waals surface area contributed by atoms with Gasteiger partial charge in [-0.15, -0.1) is 24.8 Å². The highest BCUT2D eigenvalue weighted by Crippen LogP contribution is 2.25. The van der Waals surface area contributed by atoms with Crippen molar-refractivity contribution < 1.29 is 9.53 Å². The molecular weight excluding hydrogens is 353 g/mol. The molecule has 1 amide bonds. The Balaban J connectivity index is 0.00000264. The Morgan fingerprint density at radius 3 is 2.71 bits per heavy atom. The van der Waals surface area contributed by atoms with Gasteiger partial charge in [0.1, 0.15) is 5.82 Å². The van der Waals surface area contributed by atoms with Crippen LogP contribution in [0.2, 0.25) is 0 Å². The van der Waals surface area contributed by atoms with Crippen LogP contribution in [-0.4, -0.2) is 67.0 Å². The number of methoxy groups -OCH3 is 1. The zero-order valence-electron chi connectivity index (χ0n) is 14.4. The lowest BCUT2D eigenvalue weighted by Crippen LogP contribution is -2.35. The number of anilines is 1. The lowest BCUT2D eigenvalue weighted by atomic mass is 10.1. The molecule has 24 heavy (non-hydrogen) atoms. The number of nitrogens with one attached hydrogen (secondary N) is 2. The topological polar surface area (TPSA) is 71.4 Å². The normalized spacial score (nSPS) is 15.4. The highest BCUT2D eigenvalue weighted by molar-refractivity contribution is 5.91. The van der Waals surface area contributed by atoms with Gasteiger partial charge in [-0.2, -0.15) is 5.10 Å². The second-order valence-electron chi connectivity index (χ2n) is 5.54. The van der Waals surface area contributed by atoms with Crippen LogP contribution in [0.15, 0.2) is 12.3 Å². The Hall–Kier alpha value is -0.860. The molecule has 0 bridgehead atoms. The lowest BCUT2D eigenvalue weighted by molar-refractivity contribution is -0.115. The monoisotopic (exact) mass is 381 g/mol. The first-order valence-electron chi connectivity index (χ1n) is 8.00. The minimum Gasteiger partial charge on any atom is -0.383 e. The summed E-state index contributed by atoms with van der Waals surface area (Å²) in [7, 11) is 1.64. The van der Waals surface area contributed by atoms with Crippen molar-refractivity contribution in [2.24, 2.45) is 0 Å².